The monoisotopic (exact) mass is 361 g/mol. The molecule has 0 aliphatic heterocycles. The maximum atomic E-state index is 13.6. The number of halogens is 2. The van der Waals surface area contributed by atoms with E-state index in [1.54, 1.807) is 23.7 Å². The first-order valence-electron chi connectivity index (χ1n) is 8.59. The van der Waals surface area contributed by atoms with Crippen LogP contribution >= 0.6 is 0 Å². The summed E-state index contributed by atoms with van der Waals surface area (Å²) in [5.74, 6) is 0. The van der Waals surface area contributed by atoms with E-state index in [4.69, 9.17) is 4.99 Å². The Balaban J connectivity index is 1.93. The molecule has 0 aliphatic rings. The Labute approximate surface area is 155 Å². The van der Waals surface area contributed by atoms with Gasteiger partial charge < -0.3 is 4.40 Å². The van der Waals surface area contributed by atoms with Gasteiger partial charge in [-0.3, -0.25) is 0 Å². The first-order valence-corrected chi connectivity index (χ1v) is 8.59. The van der Waals surface area contributed by atoms with Crippen molar-refractivity contribution in [2.45, 2.75) is 13.3 Å². The second-order valence-corrected chi connectivity index (χ2v) is 6.26. The van der Waals surface area contributed by atoms with E-state index >= 15 is 0 Å². The molecule has 0 bridgehead atoms. The highest BCUT2D eigenvalue weighted by Gasteiger charge is 2.16. The highest BCUT2D eigenvalue weighted by Crippen LogP contribution is 2.29. The number of imidazole rings is 1. The van der Waals surface area contributed by atoms with Crippen molar-refractivity contribution in [3.8, 4) is 0 Å². The van der Waals surface area contributed by atoms with Gasteiger partial charge in [-0.1, -0.05) is 60.7 Å². The van der Waals surface area contributed by atoms with E-state index in [-0.39, 0.29) is 11.2 Å². The van der Waals surface area contributed by atoms with Crippen LogP contribution in [-0.4, -0.2) is 15.1 Å². The number of hydrogen-bond donors (Lipinski definition) is 0. The normalized spacial score (nSPS) is 11.1. The van der Waals surface area contributed by atoms with Crippen LogP contribution in [0.5, 0.6) is 0 Å². The molecule has 0 aliphatic carbocycles. The molecule has 0 saturated heterocycles. The molecule has 0 fully saturated rings. The van der Waals surface area contributed by atoms with E-state index in [1.807, 2.05) is 60.7 Å². The molecule has 0 amide bonds. The van der Waals surface area contributed by atoms with E-state index in [9.17, 15) is 8.78 Å². The molecule has 3 nitrogen and oxygen atoms in total. The fourth-order valence-electron chi connectivity index (χ4n) is 3.07. The molecular weight excluding hydrogens is 344 g/mol. The lowest BCUT2D eigenvalue weighted by Gasteiger charge is -2.09. The van der Waals surface area contributed by atoms with Crippen LogP contribution in [0.1, 0.15) is 28.8 Å². The number of benzene rings is 2. The van der Waals surface area contributed by atoms with E-state index in [2.05, 4.69) is 4.98 Å². The molecule has 4 aromatic rings. The summed E-state index contributed by atoms with van der Waals surface area (Å²) in [7, 11) is 0. The van der Waals surface area contributed by atoms with Gasteiger partial charge in [0.1, 0.15) is 5.65 Å². The van der Waals surface area contributed by atoms with Crippen molar-refractivity contribution in [1.29, 1.82) is 0 Å². The van der Waals surface area contributed by atoms with E-state index in [0.717, 1.165) is 16.8 Å². The summed E-state index contributed by atoms with van der Waals surface area (Å²) in [6, 6.07) is 20.8. The molecule has 0 radical (unpaired) electrons. The van der Waals surface area contributed by atoms with E-state index in [1.165, 1.54) is 6.07 Å². The van der Waals surface area contributed by atoms with E-state index in [0.29, 0.717) is 11.4 Å². The van der Waals surface area contributed by atoms with Crippen LogP contribution in [0.25, 0.3) is 5.65 Å². The molecule has 0 atom stereocenters. The topological polar surface area (TPSA) is 29.7 Å². The van der Waals surface area contributed by atoms with Gasteiger partial charge >= 0.3 is 0 Å². The van der Waals surface area contributed by atoms with Crippen LogP contribution < -0.4 is 0 Å². The summed E-state index contributed by atoms with van der Waals surface area (Å²) in [6.45, 7) is 1.78. The van der Waals surface area contributed by atoms with Crippen LogP contribution in [0.2, 0.25) is 0 Å². The summed E-state index contributed by atoms with van der Waals surface area (Å²) in [4.78, 5) is 8.94. The maximum absolute atomic E-state index is 13.6. The minimum Gasteiger partial charge on any atom is -0.304 e. The first-order chi connectivity index (χ1) is 13.1. The van der Waals surface area contributed by atoms with Crippen molar-refractivity contribution in [3.05, 3.63) is 102 Å². The average molecular weight is 361 g/mol. The molecule has 0 saturated carbocycles. The minimum absolute atomic E-state index is 0.121. The highest BCUT2D eigenvalue weighted by molar-refractivity contribution is 6.13. The van der Waals surface area contributed by atoms with Gasteiger partial charge in [-0.25, -0.2) is 18.8 Å². The maximum Gasteiger partial charge on any atom is 0.267 e. The second-order valence-electron chi connectivity index (χ2n) is 6.26. The third-order valence-corrected chi connectivity index (χ3v) is 4.26. The zero-order chi connectivity index (χ0) is 18.8. The Hall–Kier alpha value is -3.34. The second kappa shape index (κ2) is 7.11. The number of pyridine rings is 1. The zero-order valence-electron chi connectivity index (χ0n) is 14.7. The highest BCUT2D eigenvalue weighted by atomic mass is 19.3. The molecule has 0 spiro atoms. The van der Waals surface area contributed by atoms with Crippen molar-refractivity contribution in [2.24, 2.45) is 4.99 Å². The van der Waals surface area contributed by atoms with Crippen LogP contribution in [-0.2, 0) is 0 Å². The van der Waals surface area contributed by atoms with Gasteiger partial charge in [-0.05, 0) is 13.0 Å². The Morgan fingerprint density at radius 1 is 0.926 bits per heavy atom. The van der Waals surface area contributed by atoms with Crippen LogP contribution in [0, 0.1) is 6.92 Å². The van der Waals surface area contributed by atoms with Gasteiger partial charge in [0.15, 0.2) is 0 Å². The molecule has 5 heteroatoms. The number of aliphatic imine (C=N–C) groups is 1. The van der Waals surface area contributed by atoms with Crippen LogP contribution in [0.4, 0.5) is 14.5 Å². The van der Waals surface area contributed by atoms with Gasteiger partial charge in [0.25, 0.3) is 6.43 Å². The van der Waals surface area contributed by atoms with Crippen LogP contribution in [0.3, 0.4) is 0 Å². The van der Waals surface area contributed by atoms with Crippen LogP contribution in [0.15, 0.2) is 84.1 Å². The Bertz CT molecular complexity index is 1060. The summed E-state index contributed by atoms with van der Waals surface area (Å²) in [5, 5.41) is 0. The van der Waals surface area contributed by atoms with Crippen molar-refractivity contribution >= 4 is 17.0 Å². The predicted octanol–water partition coefficient (Wildman–Crippen LogP) is 5.75. The number of nitrogens with zero attached hydrogens (tertiary/aromatic N) is 3. The Morgan fingerprint density at radius 3 is 2.07 bits per heavy atom. The number of alkyl halides is 2. The Morgan fingerprint density at radius 2 is 1.52 bits per heavy atom. The molecular formula is C22H17F2N3. The van der Waals surface area contributed by atoms with Gasteiger partial charge in [0.05, 0.1) is 22.7 Å². The van der Waals surface area contributed by atoms with Crippen molar-refractivity contribution in [2.75, 3.05) is 0 Å². The average Bonchev–Trinajstić information content (AvgIpc) is 3.06. The summed E-state index contributed by atoms with van der Waals surface area (Å²) in [5.41, 5.74) is 3.86. The molecule has 0 N–H and O–H groups in total. The van der Waals surface area contributed by atoms with Gasteiger partial charge in [-0.15, -0.1) is 0 Å². The Kier molecular flexibility index (Phi) is 4.50. The first kappa shape index (κ1) is 17.1. The zero-order valence-corrected chi connectivity index (χ0v) is 14.7. The SMILES string of the molecule is Cc1cn2cc(N=C(c3ccccc3)c3ccccc3)cc(C(F)F)c2n1. The molecule has 2 heterocycles. The van der Waals surface area contributed by atoms with Gasteiger partial charge in [-0.2, -0.15) is 0 Å². The molecule has 2 aromatic carbocycles. The number of aromatic nitrogens is 2. The number of hydrogen-bond acceptors (Lipinski definition) is 2. The summed E-state index contributed by atoms with van der Waals surface area (Å²) < 4.78 is 28.7. The summed E-state index contributed by atoms with van der Waals surface area (Å²) in [6.07, 6.45) is 0.833. The van der Waals surface area contributed by atoms with E-state index < -0.39 is 6.43 Å². The quantitative estimate of drug-likeness (QED) is 0.426. The molecule has 2 aromatic heterocycles. The van der Waals surface area contributed by atoms with Crippen molar-refractivity contribution < 1.29 is 8.78 Å². The lowest BCUT2D eigenvalue weighted by Crippen LogP contribution is -2.03. The molecule has 0 unspecified atom stereocenters. The lowest BCUT2D eigenvalue weighted by molar-refractivity contribution is 0.152. The number of aryl methyl sites for hydroxylation is 1. The molecule has 134 valence electrons. The standard InChI is InChI=1S/C22H17F2N3/c1-15-13-27-14-18(12-19(21(23)24)22(27)25-15)26-20(16-8-4-2-5-9-16)17-10-6-3-7-11-17/h2-14,21H,1H3. The summed E-state index contributed by atoms with van der Waals surface area (Å²) >= 11 is 0. The third-order valence-electron chi connectivity index (χ3n) is 4.26. The fourth-order valence-corrected chi connectivity index (χ4v) is 3.07. The number of rotatable bonds is 4. The minimum atomic E-state index is -2.62. The third kappa shape index (κ3) is 3.49. The number of fused-ring (bicyclic) bond motifs is 1. The predicted molar refractivity (Wildman–Crippen MR) is 103 cm³/mol. The van der Waals surface area contributed by atoms with Crippen molar-refractivity contribution in [1.82, 2.24) is 9.38 Å². The van der Waals surface area contributed by atoms with Gasteiger partial charge in [0.2, 0.25) is 0 Å². The van der Waals surface area contributed by atoms with Gasteiger partial charge in [0, 0.05) is 23.5 Å². The molecule has 27 heavy (non-hydrogen) atoms. The lowest BCUT2D eigenvalue weighted by atomic mass is 10.0. The molecule has 4 rings (SSSR count). The van der Waals surface area contributed by atoms with Crippen molar-refractivity contribution in [3.63, 3.8) is 0 Å². The fraction of sp³-hybridized carbons (Fsp3) is 0.0909. The smallest absolute Gasteiger partial charge is 0.267 e. The largest absolute Gasteiger partial charge is 0.304 e.